The van der Waals surface area contributed by atoms with Gasteiger partial charge in [-0.2, -0.15) is 0 Å². The highest BCUT2D eigenvalue weighted by molar-refractivity contribution is 5.91. The van der Waals surface area contributed by atoms with Crippen LogP contribution < -0.4 is 10.6 Å². The molecule has 0 saturated carbocycles. The molecule has 0 aliphatic carbocycles. The zero-order valence-corrected chi connectivity index (χ0v) is 13.6. The summed E-state index contributed by atoms with van der Waals surface area (Å²) in [6.07, 6.45) is 1.31. The molecule has 1 rings (SSSR count). The maximum atomic E-state index is 11.8. The molecule has 0 aliphatic rings. The van der Waals surface area contributed by atoms with Gasteiger partial charge in [-0.25, -0.2) is 0 Å². The zero-order chi connectivity index (χ0) is 16.6. The molecule has 0 heterocycles. The largest absolute Gasteiger partial charge is 0.396 e. The molecular weight excluding hydrogens is 280 g/mol. The Bertz CT molecular complexity index is 490. The van der Waals surface area contributed by atoms with Crippen LogP contribution in [0.5, 0.6) is 0 Å². The average Bonchev–Trinajstić information content (AvgIpc) is 2.39. The molecular formula is C17H26N2O3. The maximum absolute atomic E-state index is 11.8. The van der Waals surface area contributed by atoms with Crippen molar-refractivity contribution in [2.24, 2.45) is 5.41 Å². The predicted molar refractivity (Wildman–Crippen MR) is 87.6 cm³/mol. The van der Waals surface area contributed by atoms with E-state index in [1.54, 1.807) is 12.1 Å². The van der Waals surface area contributed by atoms with Crippen LogP contribution in [0, 0.1) is 5.41 Å². The molecule has 1 aromatic carbocycles. The van der Waals surface area contributed by atoms with E-state index in [1.165, 1.54) is 0 Å². The van der Waals surface area contributed by atoms with Gasteiger partial charge in [0.05, 0.1) is 6.42 Å². The lowest BCUT2D eigenvalue weighted by atomic mass is 9.92. The van der Waals surface area contributed by atoms with Gasteiger partial charge in [-0.15, -0.1) is 0 Å². The Hall–Kier alpha value is -1.88. The lowest BCUT2D eigenvalue weighted by Crippen LogP contribution is -2.26. The molecule has 0 unspecified atom stereocenters. The molecule has 0 saturated heterocycles. The number of aliphatic hydroxyl groups is 1. The molecule has 122 valence electrons. The molecule has 2 amide bonds. The summed E-state index contributed by atoms with van der Waals surface area (Å²) in [5.41, 5.74) is 1.57. The van der Waals surface area contributed by atoms with Crippen molar-refractivity contribution >= 4 is 17.5 Å². The smallest absolute Gasteiger partial charge is 0.224 e. The Morgan fingerprint density at radius 2 is 1.73 bits per heavy atom. The van der Waals surface area contributed by atoms with E-state index in [0.717, 1.165) is 11.3 Å². The van der Waals surface area contributed by atoms with Crippen LogP contribution in [0.4, 0.5) is 5.69 Å². The van der Waals surface area contributed by atoms with E-state index >= 15 is 0 Å². The van der Waals surface area contributed by atoms with E-state index in [0.29, 0.717) is 25.8 Å². The van der Waals surface area contributed by atoms with Gasteiger partial charge in [0, 0.05) is 25.3 Å². The van der Waals surface area contributed by atoms with Gasteiger partial charge in [-0.1, -0.05) is 32.9 Å². The van der Waals surface area contributed by atoms with Crippen molar-refractivity contribution in [1.82, 2.24) is 5.32 Å². The Balaban J connectivity index is 2.46. The van der Waals surface area contributed by atoms with Crippen LogP contribution in [0.2, 0.25) is 0 Å². The molecule has 22 heavy (non-hydrogen) atoms. The fourth-order valence-electron chi connectivity index (χ4n) is 1.95. The average molecular weight is 306 g/mol. The normalized spacial score (nSPS) is 11.1. The minimum Gasteiger partial charge on any atom is -0.396 e. The second kappa shape index (κ2) is 8.54. The molecule has 5 nitrogen and oxygen atoms in total. The van der Waals surface area contributed by atoms with Gasteiger partial charge < -0.3 is 15.7 Å². The molecule has 0 aliphatic heterocycles. The first-order valence-electron chi connectivity index (χ1n) is 7.56. The highest BCUT2D eigenvalue weighted by Crippen LogP contribution is 2.19. The summed E-state index contributed by atoms with van der Waals surface area (Å²) in [4.78, 5) is 23.5. The first-order valence-corrected chi connectivity index (χ1v) is 7.56. The summed E-state index contributed by atoms with van der Waals surface area (Å²) in [5.74, 6) is -0.0834. The van der Waals surface area contributed by atoms with Gasteiger partial charge in [0.25, 0.3) is 0 Å². The topological polar surface area (TPSA) is 78.4 Å². The standard InChI is InChI=1S/C17H26N2O3/c1-17(2,3)12-16(22)19-14-7-5-13(6-8-14)11-15(21)18-9-4-10-20/h5-8,20H,4,9-12H2,1-3H3,(H,18,21)(H,19,22). The lowest BCUT2D eigenvalue weighted by molar-refractivity contribution is -0.120. The van der Waals surface area contributed by atoms with Gasteiger partial charge in [-0.05, 0) is 29.5 Å². The van der Waals surface area contributed by atoms with Crippen molar-refractivity contribution in [3.05, 3.63) is 29.8 Å². The quantitative estimate of drug-likeness (QED) is 0.675. The fourth-order valence-corrected chi connectivity index (χ4v) is 1.95. The molecule has 0 radical (unpaired) electrons. The van der Waals surface area contributed by atoms with Crippen molar-refractivity contribution in [1.29, 1.82) is 0 Å². The van der Waals surface area contributed by atoms with Gasteiger partial charge in [0.1, 0.15) is 0 Å². The van der Waals surface area contributed by atoms with Gasteiger partial charge in [0.15, 0.2) is 0 Å². The summed E-state index contributed by atoms with van der Waals surface area (Å²) in [6, 6.07) is 7.27. The number of hydrogen-bond acceptors (Lipinski definition) is 3. The van der Waals surface area contributed by atoms with E-state index in [1.807, 2.05) is 32.9 Å². The second-order valence-electron chi connectivity index (χ2n) is 6.59. The Labute approximate surface area is 132 Å². The molecule has 3 N–H and O–H groups in total. The fraction of sp³-hybridized carbons (Fsp3) is 0.529. The lowest BCUT2D eigenvalue weighted by Gasteiger charge is -2.17. The number of benzene rings is 1. The first kappa shape index (κ1) is 18.2. The minimum absolute atomic E-state index is 0.0120. The van der Waals surface area contributed by atoms with Crippen molar-refractivity contribution in [2.45, 2.75) is 40.0 Å². The number of aliphatic hydroxyl groups excluding tert-OH is 1. The van der Waals surface area contributed by atoms with E-state index in [2.05, 4.69) is 10.6 Å². The van der Waals surface area contributed by atoms with E-state index in [4.69, 9.17) is 5.11 Å². The van der Waals surface area contributed by atoms with Gasteiger partial charge in [0.2, 0.25) is 11.8 Å². The summed E-state index contributed by atoms with van der Waals surface area (Å²) >= 11 is 0. The molecule has 0 spiro atoms. The van der Waals surface area contributed by atoms with Crippen molar-refractivity contribution in [2.75, 3.05) is 18.5 Å². The van der Waals surface area contributed by atoms with Crippen LogP contribution in [0.25, 0.3) is 0 Å². The van der Waals surface area contributed by atoms with Crippen molar-refractivity contribution in [3.8, 4) is 0 Å². The highest BCUT2D eigenvalue weighted by atomic mass is 16.3. The van der Waals surface area contributed by atoms with Crippen LogP contribution in [0.3, 0.4) is 0 Å². The van der Waals surface area contributed by atoms with Crippen LogP contribution in [-0.2, 0) is 16.0 Å². The monoisotopic (exact) mass is 306 g/mol. The number of anilines is 1. The molecule has 1 aromatic rings. The summed E-state index contributed by atoms with van der Waals surface area (Å²) in [5, 5.41) is 14.2. The third-order valence-corrected chi connectivity index (χ3v) is 2.95. The molecule has 0 fully saturated rings. The third-order valence-electron chi connectivity index (χ3n) is 2.95. The van der Waals surface area contributed by atoms with Crippen LogP contribution in [-0.4, -0.2) is 30.1 Å². The summed E-state index contributed by atoms with van der Waals surface area (Å²) in [6.45, 7) is 6.61. The molecule has 0 aromatic heterocycles. The van der Waals surface area contributed by atoms with Crippen LogP contribution >= 0.6 is 0 Å². The number of carbonyl (C=O) groups excluding carboxylic acids is 2. The third kappa shape index (κ3) is 7.78. The number of nitrogens with one attached hydrogen (secondary N) is 2. The summed E-state index contributed by atoms with van der Waals surface area (Å²) in [7, 11) is 0. The Kier molecular flexibility index (Phi) is 7.05. The molecule has 0 bridgehead atoms. The first-order chi connectivity index (χ1) is 10.3. The number of carbonyl (C=O) groups is 2. The minimum atomic E-state index is -0.0713. The van der Waals surface area contributed by atoms with Crippen molar-refractivity contribution in [3.63, 3.8) is 0 Å². The second-order valence-corrected chi connectivity index (χ2v) is 6.59. The Morgan fingerprint density at radius 3 is 2.27 bits per heavy atom. The van der Waals surface area contributed by atoms with Crippen LogP contribution in [0.15, 0.2) is 24.3 Å². The number of hydrogen-bond donors (Lipinski definition) is 3. The van der Waals surface area contributed by atoms with Gasteiger partial charge in [-0.3, -0.25) is 9.59 Å². The highest BCUT2D eigenvalue weighted by Gasteiger charge is 2.15. The zero-order valence-electron chi connectivity index (χ0n) is 13.6. The number of amides is 2. The van der Waals surface area contributed by atoms with E-state index < -0.39 is 0 Å². The molecule has 0 atom stereocenters. The SMILES string of the molecule is CC(C)(C)CC(=O)Nc1ccc(CC(=O)NCCCO)cc1. The molecule has 5 heteroatoms. The maximum Gasteiger partial charge on any atom is 0.224 e. The van der Waals surface area contributed by atoms with E-state index in [-0.39, 0.29) is 23.8 Å². The Morgan fingerprint density at radius 1 is 1.09 bits per heavy atom. The number of rotatable bonds is 7. The van der Waals surface area contributed by atoms with Gasteiger partial charge >= 0.3 is 0 Å². The van der Waals surface area contributed by atoms with E-state index in [9.17, 15) is 9.59 Å². The van der Waals surface area contributed by atoms with Crippen LogP contribution in [0.1, 0.15) is 39.2 Å². The van der Waals surface area contributed by atoms with Crippen molar-refractivity contribution < 1.29 is 14.7 Å². The predicted octanol–water partition coefficient (Wildman–Crippen LogP) is 2.10. The summed E-state index contributed by atoms with van der Waals surface area (Å²) < 4.78 is 0.